The van der Waals surface area contributed by atoms with Crippen LogP contribution in [0, 0.1) is 11.3 Å². The van der Waals surface area contributed by atoms with Gasteiger partial charge in [0, 0.05) is 46.1 Å². The summed E-state index contributed by atoms with van der Waals surface area (Å²) in [5.74, 6) is 0. The van der Waals surface area contributed by atoms with Crippen LogP contribution < -0.4 is 10.6 Å². The molecule has 0 radical (unpaired) electrons. The highest BCUT2D eigenvalue weighted by Crippen LogP contribution is 2.32. The van der Waals surface area contributed by atoms with E-state index in [1.165, 1.54) is 10.9 Å². The van der Waals surface area contributed by atoms with E-state index in [2.05, 4.69) is 44.0 Å². The molecule has 2 heterocycles. The summed E-state index contributed by atoms with van der Waals surface area (Å²) in [5.41, 5.74) is 4.44. The normalized spacial score (nSPS) is 10.8. The second kappa shape index (κ2) is 8.58. The molecule has 0 spiro atoms. The van der Waals surface area contributed by atoms with E-state index in [9.17, 15) is 5.26 Å². The molecular weight excluding hydrogens is 402 g/mol. The molecule has 7 heteroatoms. The molecule has 0 aliphatic carbocycles. The fourth-order valence-corrected chi connectivity index (χ4v) is 4.21. The predicted molar refractivity (Wildman–Crippen MR) is 120 cm³/mol. The Morgan fingerprint density at radius 1 is 1.21 bits per heavy atom. The first-order chi connectivity index (χ1) is 14.2. The van der Waals surface area contributed by atoms with E-state index in [1.54, 1.807) is 30.3 Å². The third kappa shape index (κ3) is 4.22. The first kappa shape index (κ1) is 19.3. The summed E-state index contributed by atoms with van der Waals surface area (Å²) in [6, 6.07) is 17.6. The number of aromatic nitrogens is 2. The SMILES string of the molecule is CNCc1cn(Sc2cccnc2)c2cc(Nc3ccc(Cl)cc3C#N)ccc12. The number of hydrogen-bond acceptors (Lipinski definition) is 5. The van der Waals surface area contributed by atoms with Crippen molar-refractivity contribution in [3.05, 3.63) is 83.3 Å². The van der Waals surface area contributed by atoms with Gasteiger partial charge < -0.3 is 10.6 Å². The van der Waals surface area contributed by atoms with E-state index in [-0.39, 0.29) is 0 Å². The standard InChI is InChI=1S/C22H18ClN5S/c1-25-12-16-14-28(29-19-3-2-8-26-13-19)22-10-18(5-6-20(16)22)27-21-7-4-17(23)9-15(21)11-24/h2-10,13-14,25,27H,12H2,1H3. The third-order valence-electron chi connectivity index (χ3n) is 4.44. The third-order valence-corrected chi connectivity index (χ3v) is 5.63. The van der Waals surface area contributed by atoms with Gasteiger partial charge in [-0.15, -0.1) is 0 Å². The number of benzene rings is 2. The summed E-state index contributed by atoms with van der Waals surface area (Å²) in [4.78, 5) is 5.26. The molecule has 0 amide bonds. The molecule has 0 aliphatic rings. The summed E-state index contributed by atoms with van der Waals surface area (Å²) in [7, 11) is 1.94. The molecule has 0 saturated carbocycles. The van der Waals surface area contributed by atoms with E-state index >= 15 is 0 Å². The highest BCUT2D eigenvalue weighted by atomic mass is 35.5. The Kier molecular flexibility index (Phi) is 5.72. The highest BCUT2D eigenvalue weighted by Gasteiger charge is 2.11. The summed E-state index contributed by atoms with van der Waals surface area (Å²) >= 11 is 7.63. The lowest BCUT2D eigenvalue weighted by molar-refractivity contribution is 0.822. The highest BCUT2D eigenvalue weighted by molar-refractivity contribution is 7.98. The lowest BCUT2D eigenvalue weighted by atomic mass is 10.1. The molecule has 0 unspecified atom stereocenters. The fraction of sp³-hybridized carbons (Fsp3) is 0.0909. The number of nitrogens with zero attached hydrogens (tertiary/aromatic N) is 3. The molecule has 144 valence electrons. The number of nitriles is 1. The zero-order valence-corrected chi connectivity index (χ0v) is 17.3. The van der Waals surface area contributed by atoms with Crippen LogP contribution >= 0.6 is 23.5 Å². The Labute approximate surface area is 178 Å². The Balaban J connectivity index is 1.74. The topological polar surface area (TPSA) is 65.7 Å². The van der Waals surface area contributed by atoms with Gasteiger partial charge in [0.2, 0.25) is 0 Å². The van der Waals surface area contributed by atoms with E-state index in [4.69, 9.17) is 11.6 Å². The van der Waals surface area contributed by atoms with Crippen molar-refractivity contribution in [1.82, 2.24) is 14.3 Å². The van der Waals surface area contributed by atoms with Crippen LogP contribution in [0.25, 0.3) is 10.9 Å². The van der Waals surface area contributed by atoms with Crippen LogP contribution in [0.1, 0.15) is 11.1 Å². The van der Waals surface area contributed by atoms with E-state index in [1.807, 2.05) is 37.5 Å². The second-order valence-corrected chi connectivity index (χ2v) is 7.93. The first-order valence-corrected chi connectivity index (χ1v) is 10.2. The summed E-state index contributed by atoms with van der Waals surface area (Å²) in [6.07, 6.45) is 5.76. The summed E-state index contributed by atoms with van der Waals surface area (Å²) in [5, 5.41) is 17.7. The molecule has 0 aliphatic heterocycles. The minimum Gasteiger partial charge on any atom is -0.354 e. The Bertz CT molecular complexity index is 1200. The van der Waals surface area contributed by atoms with Crippen LogP contribution in [-0.4, -0.2) is 16.0 Å². The zero-order chi connectivity index (χ0) is 20.2. The van der Waals surface area contributed by atoms with Crippen molar-refractivity contribution >= 4 is 45.8 Å². The maximum absolute atomic E-state index is 9.39. The lowest BCUT2D eigenvalue weighted by Gasteiger charge is -2.10. The fourth-order valence-electron chi connectivity index (χ4n) is 3.14. The second-order valence-electron chi connectivity index (χ2n) is 6.45. The molecule has 5 nitrogen and oxygen atoms in total. The minimum atomic E-state index is 0.508. The molecule has 2 aromatic carbocycles. The van der Waals surface area contributed by atoms with Crippen LogP contribution in [-0.2, 0) is 6.54 Å². The van der Waals surface area contributed by atoms with Crippen molar-refractivity contribution < 1.29 is 0 Å². The monoisotopic (exact) mass is 419 g/mol. The minimum absolute atomic E-state index is 0.508. The Hall–Kier alpha value is -2.98. The van der Waals surface area contributed by atoms with Crippen LogP contribution in [0.4, 0.5) is 11.4 Å². The number of anilines is 2. The van der Waals surface area contributed by atoms with Crippen LogP contribution in [0.3, 0.4) is 0 Å². The maximum atomic E-state index is 9.39. The van der Waals surface area contributed by atoms with Gasteiger partial charge in [-0.05, 0) is 67.0 Å². The maximum Gasteiger partial charge on any atom is 0.101 e. The van der Waals surface area contributed by atoms with Gasteiger partial charge in [0.25, 0.3) is 0 Å². The smallest absolute Gasteiger partial charge is 0.101 e. The molecule has 0 saturated heterocycles. The number of pyridine rings is 1. The largest absolute Gasteiger partial charge is 0.354 e. The van der Waals surface area contributed by atoms with E-state index < -0.39 is 0 Å². The van der Waals surface area contributed by atoms with Crippen LogP contribution in [0.15, 0.2) is 72.0 Å². The van der Waals surface area contributed by atoms with Gasteiger partial charge in [0.15, 0.2) is 0 Å². The molecule has 2 aromatic heterocycles. The lowest BCUT2D eigenvalue weighted by Crippen LogP contribution is -2.04. The van der Waals surface area contributed by atoms with E-state index in [0.717, 1.165) is 28.3 Å². The number of halogens is 1. The molecule has 4 aromatic rings. The Morgan fingerprint density at radius 3 is 2.86 bits per heavy atom. The van der Waals surface area contributed by atoms with Gasteiger partial charge in [-0.3, -0.25) is 8.96 Å². The van der Waals surface area contributed by atoms with E-state index in [0.29, 0.717) is 10.6 Å². The summed E-state index contributed by atoms with van der Waals surface area (Å²) in [6.45, 7) is 0.777. The van der Waals surface area contributed by atoms with Gasteiger partial charge in [-0.1, -0.05) is 17.7 Å². The van der Waals surface area contributed by atoms with Crippen molar-refractivity contribution in [1.29, 1.82) is 5.26 Å². The number of rotatable bonds is 6. The summed E-state index contributed by atoms with van der Waals surface area (Å²) < 4.78 is 2.15. The van der Waals surface area contributed by atoms with Crippen molar-refractivity contribution in [2.45, 2.75) is 11.4 Å². The molecule has 0 atom stereocenters. The number of hydrogen-bond donors (Lipinski definition) is 2. The molecule has 2 N–H and O–H groups in total. The van der Waals surface area contributed by atoms with Gasteiger partial charge >= 0.3 is 0 Å². The van der Waals surface area contributed by atoms with Gasteiger partial charge in [-0.2, -0.15) is 5.26 Å². The van der Waals surface area contributed by atoms with Crippen LogP contribution in [0.2, 0.25) is 5.02 Å². The van der Waals surface area contributed by atoms with Crippen molar-refractivity contribution in [2.24, 2.45) is 0 Å². The first-order valence-electron chi connectivity index (χ1n) is 9.01. The quantitative estimate of drug-likeness (QED) is 0.427. The van der Waals surface area contributed by atoms with Gasteiger partial charge in [0.1, 0.15) is 6.07 Å². The average molecular weight is 420 g/mol. The van der Waals surface area contributed by atoms with Crippen molar-refractivity contribution in [2.75, 3.05) is 12.4 Å². The van der Waals surface area contributed by atoms with Crippen molar-refractivity contribution in [3.63, 3.8) is 0 Å². The van der Waals surface area contributed by atoms with Gasteiger partial charge in [0.05, 0.1) is 16.8 Å². The average Bonchev–Trinajstić information content (AvgIpc) is 3.07. The Morgan fingerprint density at radius 2 is 2.10 bits per heavy atom. The molecule has 0 bridgehead atoms. The molecule has 0 fully saturated rings. The van der Waals surface area contributed by atoms with Gasteiger partial charge in [-0.25, -0.2) is 0 Å². The molecule has 4 rings (SSSR count). The molecular formula is C22H18ClN5S. The zero-order valence-electron chi connectivity index (χ0n) is 15.7. The molecule has 29 heavy (non-hydrogen) atoms. The van der Waals surface area contributed by atoms with Crippen LogP contribution in [0.5, 0.6) is 0 Å². The number of fused-ring (bicyclic) bond motifs is 1. The predicted octanol–water partition coefficient (Wildman–Crippen LogP) is 5.58. The number of nitrogens with one attached hydrogen (secondary N) is 2. The van der Waals surface area contributed by atoms with Crippen molar-refractivity contribution in [3.8, 4) is 6.07 Å².